The average Bonchev–Trinajstić information content (AvgIpc) is 2.53. The zero-order valence-corrected chi connectivity index (χ0v) is 8.52. The topological polar surface area (TPSA) is 132 Å². The van der Waals surface area contributed by atoms with Crippen molar-refractivity contribution >= 4 is 16.7 Å². The summed E-state index contributed by atoms with van der Waals surface area (Å²) in [5, 5.41) is 40.1. The van der Waals surface area contributed by atoms with Crippen LogP contribution < -0.4 is 20.7 Å². The summed E-state index contributed by atoms with van der Waals surface area (Å²) in [7, 11) is 0. The Morgan fingerprint density at radius 2 is 1.94 bits per heavy atom. The first-order valence-electron chi connectivity index (χ1n) is 4.37. The lowest BCUT2D eigenvalue weighted by Crippen LogP contribution is -2.30. The van der Waals surface area contributed by atoms with Crippen LogP contribution in [0, 0.1) is 17.3 Å². The maximum Gasteiger partial charge on any atom is 0.352 e. The number of rotatable bonds is 3. The van der Waals surface area contributed by atoms with Crippen molar-refractivity contribution in [3.8, 4) is 0 Å². The molecule has 0 saturated heterocycles. The lowest BCUT2D eigenvalue weighted by atomic mass is 10.2. The molecule has 2 aromatic rings. The quantitative estimate of drug-likeness (QED) is 0.464. The monoisotopic (exact) mass is 244 g/mol. The molecule has 0 spiro atoms. The van der Waals surface area contributed by atoms with Crippen LogP contribution in [-0.4, -0.2) is 10.4 Å². The highest BCUT2D eigenvalue weighted by Gasteiger charge is 2.25. The summed E-state index contributed by atoms with van der Waals surface area (Å²) in [5.41, 5.74) is 1.64. The molecule has 0 radical (unpaired) electrons. The summed E-state index contributed by atoms with van der Waals surface area (Å²) < 4.78 is 4.23. The first kappa shape index (κ1) is 11.3. The molecular formula is C7H8N4O6. The van der Waals surface area contributed by atoms with Crippen LogP contribution in [-0.2, 0) is 4.94 Å². The Balaban J connectivity index is 2.58. The molecule has 0 bridgehead atoms. The molecule has 1 aromatic heterocycles. The first-order chi connectivity index (χ1) is 8.04. The second kappa shape index (κ2) is 4.03. The minimum absolute atomic E-state index is 0.00612. The average molecular weight is 244 g/mol. The van der Waals surface area contributed by atoms with Crippen LogP contribution in [0.3, 0.4) is 0 Å². The van der Waals surface area contributed by atoms with E-state index >= 15 is 0 Å². The van der Waals surface area contributed by atoms with E-state index in [2.05, 4.69) is 9.57 Å². The van der Waals surface area contributed by atoms with E-state index in [1.807, 2.05) is 0 Å². The molecule has 3 N–H and O–H groups in total. The Morgan fingerprint density at radius 3 is 2.53 bits per heavy atom. The fraction of sp³-hybridized carbons (Fsp3) is 0.143. The summed E-state index contributed by atoms with van der Waals surface area (Å²) in [6.45, 7) is 1.56. The van der Waals surface area contributed by atoms with E-state index in [0.29, 0.717) is 5.56 Å². The molecule has 10 nitrogen and oxygen atoms in total. The number of nitrogens with zero attached hydrogens (tertiary/aromatic N) is 3. The maximum atomic E-state index is 11.2. The van der Waals surface area contributed by atoms with E-state index in [9.17, 15) is 15.6 Å². The van der Waals surface area contributed by atoms with Crippen molar-refractivity contribution in [3.63, 3.8) is 0 Å². The van der Waals surface area contributed by atoms with Crippen molar-refractivity contribution in [2.75, 3.05) is 5.23 Å². The third kappa shape index (κ3) is 1.81. The molecule has 17 heavy (non-hydrogen) atoms. The highest BCUT2D eigenvalue weighted by molar-refractivity contribution is 5.75. The van der Waals surface area contributed by atoms with E-state index < -0.39 is 0 Å². The standard InChI is InChI=1S/C7H8N4O6/c1-4-2-6-7(11(15)17-10(6)14)3-5(4)9(13)16-8-12/h2-3,8,12-13H,1H3. The van der Waals surface area contributed by atoms with Crippen molar-refractivity contribution in [1.82, 2.24) is 5.64 Å². The van der Waals surface area contributed by atoms with Gasteiger partial charge < -0.3 is 0 Å². The molecule has 0 fully saturated rings. The molecule has 0 aliphatic rings. The number of benzene rings is 1. The summed E-state index contributed by atoms with van der Waals surface area (Å²) >= 11 is 0. The van der Waals surface area contributed by atoms with Crippen LogP contribution in [0.2, 0.25) is 0 Å². The highest BCUT2D eigenvalue weighted by Crippen LogP contribution is 2.22. The largest absolute Gasteiger partial charge is 0.352 e. The highest BCUT2D eigenvalue weighted by atomic mass is 17.0. The van der Waals surface area contributed by atoms with Gasteiger partial charge in [0, 0.05) is 6.07 Å². The molecule has 10 heteroatoms. The Bertz CT molecular complexity index is 555. The smallest absolute Gasteiger partial charge is 0.290 e. The van der Waals surface area contributed by atoms with Crippen LogP contribution >= 0.6 is 0 Å². The predicted molar refractivity (Wildman–Crippen MR) is 49.1 cm³/mol. The molecule has 1 aromatic carbocycles. The fourth-order valence-corrected chi connectivity index (χ4v) is 1.41. The third-order valence-electron chi connectivity index (χ3n) is 2.17. The summed E-state index contributed by atoms with van der Waals surface area (Å²) in [4.78, 5) is 4.21. The number of hydrogen-bond acceptors (Lipinski definition) is 8. The summed E-state index contributed by atoms with van der Waals surface area (Å²) in [6.07, 6.45) is 0. The van der Waals surface area contributed by atoms with Crippen LogP contribution in [0.15, 0.2) is 16.8 Å². The van der Waals surface area contributed by atoms with Gasteiger partial charge in [-0.25, -0.2) is 0 Å². The van der Waals surface area contributed by atoms with Gasteiger partial charge in [0.2, 0.25) is 0 Å². The van der Waals surface area contributed by atoms with Gasteiger partial charge in [-0.3, -0.25) is 20.8 Å². The van der Waals surface area contributed by atoms with Gasteiger partial charge in [-0.2, -0.15) is 0 Å². The van der Waals surface area contributed by atoms with Crippen molar-refractivity contribution in [3.05, 3.63) is 28.1 Å². The van der Waals surface area contributed by atoms with Crippen LogP contribution in [0.4, 0.5) is 5.69 Å². The Labute approximate surface area is 93.4 Å². The second-order valence-electron chi connectivity index (χ2n) is 3.18. The maximum absolute atomic E-state index is 11.2. The number of fused-ring (bicyclic) bond motifs is 1. The molecular weight excluding hydrogens is 236 g/mol. The molecule has 1 heterocycles. The number of nitrogens with one attached hydrogen (secondary N) is 1. The third-order valence-corrected chi connectivity index (χ3v) is 2.17. The zero-order chi connectivity index (χ0) is 12.6. The van der Waals surface area contributed by atoms with E-state index in [4.69, 9.17) is 5.21 Å². The van der Waals surface area contributed by atoms with E-state index in [1.165, 1.54) is 11.7 Å². The summed E-state index contributed by atoms with van der Waals surface area (Å²) in [5.74, 6) is 0. The normalized spacial score (nSPS) is 11.0. The van der Waals surface area contributed by atoms with Gasteiger partial charge in [0.1, 0.15) is 15.5 Å². The van der Waals surface area contributed by atoms with Crippen LogP contribution in [0.25, 0.3) is 11.0 Å². The van der Waals surface area contributed by atoms with Gasteiger partial charge in [-0.05, 0) is 12.5 Å². The Kier molecular flexibility index (Phi) is 2.69. The van der Waals surface area contributed by atoms with Crippen molar-refractivity contribution in [2.45, 2.75) is 6.92 Å². The van der Waals surface area contributed by atoms with E-state index in [-0.39, 0.29) is 31.8 Å². The molecule has 0 unspecified atom stereocenters. The van der Waals surface area contributed by atoms with Gasteiger partial charge in [0.25, 0.3) is 0 Å². The molecule has 92 valence electrons. The first-order valence-corrected chi connectivity index (χ1v) is 4.37. The van der Waals surface area contributed by atoms with Crippen molar-refractivity contribution < 1.29 is 29.8 Å². The van der Waals surface area contributed by atoms with E-state index in [0.717, 1.165) is 6.07 Å². The molecule has 0 aliphatic carbocycles. The number of aryl methyl sites for hydroxylation is 1. The van der Waals surface area contributed by atoms with Gasteiger partial charge in [0.05, 0.1) is 6.07 Å². The van der Waals surface area contributed by atoms with Gasteiger partial charge in [-0.1, -0.05) is 5.64 Å². The minimum Gasteiger partial charge on any atom is -0.290 e. The van der Waals surface area contributed by atoms with Gasteiger partial charge >= 0.3 is 11.0 Å². The number of hydrogen-bond donors (Lipinski definition) is 3. The zero-order valence-electron chi connectivity index (χ0n) is 8.52. The molecule has 2 rings (SSSR count). The van der Waals surface area contributed by atoms with Crippen LogP contribution in [0.5, 0.6) is 0 Å². The Hall–Kier alpha value is -2.14. The molecule has 0 aliphatic heterocycles. The fourth-order valence-electron chi connectivity index (χ4n) is 1.41. The molecule has 0 saturated carbocycles. The molecule has 0 amide bonds. The number of anilines is 1. The van der Waals surface area contributed by atoms with Gasteiger partial charge in [0.15, 0.2) is 0 Å². The molecule has 0 atom stereocenters. The van der Waals surface area contributed by atoms with Gasteiger partial charge in [-0.15, -0.1) is 14.8 Å². The van der Waals surface area contributed by atoms with Crippen molar-refractivity contribution in [1.29, 1.82) is 0 Å². The minimum atomic E-state index is -0.0961. The summed E-state index contributed by atoms with van der Waals surface area (Å²) in [6, 6.07) is 2.48. The van der Waals surface area contributed by atoms with Crippen molar-refractivity contribution in [2.24, 2.45) is 0 Å². The SMILES string of the molecule is Cc1cc2c(cc1N(O)ONO)[n+]([O-])o[n+]2[O-]. The lowest BCUT2D eigenvalue weighted by Gasteiger charge is -2.14. The lowest BCUT2D eigenvalue weighted by molar-refractivity contribution is -0.986. The predicted octanol–water partition coefficient (Wildman–Crippen LogP) is -0.971. The van der Waals surface area contributed by atoms with Crippen LogP contribution in [0.1, 0.15) is 5.56 Å². The Morgan fingerprint density at radius 1 is 1.35 bits per heavy atom. The van der Waals surface area contributed by atoms with E-state index in [1.54, 1.807) is 6.92 Å². The second-order valence-corrected chi connectivity index (χ2v) is 3.18. The number of aromatic nitrogens is 2.